The summed E-state index contributed by atoms with van der Waals surface area (Å²) in [6, 6.07) is 37.1. The van der Waals surface area contributed by atoms with Crippen molar-refractivity contribution in [1.82, 2.24) is 40.5 Å². The van der Waals surface area contributed by atoms with Crippen LogP contribution in [0.15, 0.2) is 144 Å². The van der Waals surface area contributed by atoms with Crippen molar-refractivity contribution in [1.29, 1.82) is 0 Å². The number of ether oxygens (including phenoxy) is 8. The molecular weight excluding hydrogens is 1590 g/mol. The van der Waals surface area contributed by atoms with Crippen LogP contribution in [0.25, 0.3) is 10.4 Å². The lowest BCUT2D eigenvalue weighted by atomic mass is 9.99. The summed E-state index contributed by atoms with van der Waals surface area (Å²) >= 11 is 0. The summed E-state index contributed by atoms with van der Waals surface area (Å²) in [6.45, 7) is 29.2. The van der Waals surface area contributed by atoms with Gasteiger partial charge in [-0.3, -0.25) is 38.9 Å². The molecule has 672 valence electrons. The van der Waals surface area contributed by atoms with Gasteiger partial charge in [0.15, 0.2) is 5.78 Å². The zero-order chi connectivity index (χ0) is 88.0. The van der Waals surface area contributed by atoms with Gasteiger partial charge in [0.25, 0.3) is 0 Å². The quantitative estimate of drug-likeness (QED) is 0.0185. The van der Waals surface area contributed by atoms with E-state index in [1.807, 2.05) is 114 Å². The Hall–Kier alpha value is -10.3. The summed E-state index contributed by atoms with van der Waals surface area (Å²) in [5.74, 6) is -1.04. The molecule has 4 N–H and O–H groups in total. The third-order valence-corrected chi connectivity index (χ3v) is 18.5. The van der Waals surface area contributed by atoms with Crippen molar-refractivity contribution in [3.8, 4) is 0 Å². The average Bonchev–Trinajstić information content (AvgIpc) is 1.63. The van der Waals surface area contributed by atoms with Crippen LogP contribution in [0.3, 0.4) is 0 Å². The van der Waals surface area contributed by atoms with Crippen molar-refractivity contribution >= 4 is 72.2 Å². The number of Topliss-reactive ketones (excluding diaryl/α,β-unsaturated/α-hetero) is 1. The number of nitrogens with zero attached hydrogens (tertiary/aromatic N) is 10. The molecule has 6 aliphatic rings. The zero-order valence-electron chi connectivity index (χ0n) is 72.5. The number of hydroxylamine groups is 4. The highest BCUT2D eigenvalue weighted by Crippen LogP contribution is 2.36. The number of amides is 4. The number of carbonyl (C=O) groups excluding carboxylic acids is 9. The Morgan fingerprint density at radius 1 is 0.471 bits per heavy atom. The first-order chi connectivity index (χ1) is 56.4. The second-order valence-electron chi connectivity index (χ2n) is 32.5. The molecule has 0 aromatic heterocycles. The summed E-state index contributed by atoms with van der Waals surface area (Å²) < 4.78 is 40.6. The van der Waals surface area contributed by atoms with Crippen LogP contribution in [-0.4, -0.2) is 235 Å². The van der Waals surface area contributed by atoms with E-state index in [0.29, 0.717) is 96.3 Å². The molecule has 4 aromatic rings. The predicted molar refractivity (Wildman–Crippen MR) is 456 cm³/mol. The molecule has 6 fully saturated rings. The molecule has 4 aromatic carbocycles. The number of benzene rings is 4. The molecule has 6 saturated heterocycles. The van der Waals surface area contributed by atoms with Gasteiger partial charge in [-0.2, -0.15) is 11.0 Å². The number of piperidine rings is 5. The number of nitrogens with two attached hydrogens (primary N) is 1. The van der Waals surface area contributed by atoms with Gasteiger partial charge in [-0.25, -0.2) is 43.4 Å². The van der Waals surface area contributed by atoms with Crippen molar-refractivity contribution in [2.45, 2.75) is 252 Å². The molecule has 2 bridgehead atoms. The predicted octanol–water partition coefficient (Wildman–Crippen LogP) is 13.2. The van der Waals surface area contributed by atoms with Gasteiger partial charge >= 0.3 is 48.3 Å². The van der Waals surface area contributed by atoms with Gasteiger partial charge in [0, 0.05) is 43.6 Å². The highest BCUT2D eigenvalue weighted by Gasteiger charge is 2.45. The summed E-state index contributed by atoms with van der Waals surface area (Å²) in [5.41, 5.74) is 21.3. The fourth-order valence-electron chi connectivity index (χ4n) is 13.0. The van der Waals surface area contributed by atoms with Gasteiger partial charge in [-0.15, -0.1) is 12.4 Å². The molecule has 4 amide bonds. The first-order valence-corrected chi connectivity index (χ1v) is 39.8. The number of ketones is 1. The third kappa shape index (κ3) is 36.9. The second kappa shape index (κ2) is 52.1. The minimum Gasteiger partial charge on any atom is -0.467 e. The number of rotatable bonds is 20. The lowest BCUT2D eigenvalue weighted by Gasteiger charge is -2.38. The number of likely N-dealkylation sites (tertiary alicyclic amines) is 4. The number of oxime groups is 1. The Kier molecular flexibility index (Phi) is 45.2. The minimum absolute atomic E-state index is 0. The number of fused-ring (bicyclic) bond motifs is 2. The Bertz CT molecular complexity index is 3830. The van der Waals surface area contributed by atoms with Crippen LogP contribution in [0, 0.1) is 0 Å². The highest BCUT2D eigenvalue weighted by atomic mass is 35.5. The minimum atomic E-state index is -0.734. The number of esters is 4. The Labute approximate surface area is 718 Å². The van der Waals surface area contributed by atoms with E-state index >= 15 is 0 Å². The highest BCUT2D eigenvalue weighted by molar-refractivity contribution is 5.93. The van der Waals surface area contributed by atoms with Crippen molar-refractivity contribution in [3.05, 3.63) is 166 Å². The van der Waals surface area contributed by atoms with Gasteiger partial charge in [0.1, 0.15) is 59.0 Å². The first kappa shape index (κ1) is 105. The van der Waals surface area contributed by atoms with E-state index in [0.717, 1.165) is 52.4 Å². The fourth-order valence-corrected chi connectivity index (χ4v) is 13.0. The molecule has 0 saturated carbocycles. The van der Waals surface area contributed by atoms with Gasteiger partial charge in [0.2, 0.25) is 0 Å². The number of hydrogen-bond acceptors (Lipinski definition) is 28. The molecule has 0 spiro atoms. The summed E-state index contributed by atoms with van der Waals surface area (Å²) in [5, 5.41) is 9.78. The van der Waals surface area contributed by atoms with Crippen molar-refractivity contribution < 1.29 is 100 Å². The summed E-state index contributed by atoms with van der Waals surface area (Å²) in [6.07, 6.45) is 3.64. The lowest BCUT2D eigenvalue weighted by molar-refractivity contribution is -0.156. The van der Waals surface area contributed by atoms with E-state index < -0.39 is 94.8 Å². The largest absolute Gasteiger partial charge is 0.467 e. The normalized spacial score (nSPS) is 20.2. The van der Waals surface area contributed by atoms with Crippen LogP contribution < -0.4 is 16.7 Å². The monoisotopic (exact) mass is 1720 g/mol. The molecule has 0 unspecified atom stereocenters. The van der Waals surface area contributed by atoms with Crippen LogP contribution in [-0.2, 0) is 108 Å². The molecule has 35 heteroatoms. The molecule has 121 heavy (non-hydrogen) atoms. The van der Waals surface area contributed by atoms with Crippen LogP contribution >= 0.6 is 12.4 Å². The molecular formula is C86H130ClN13O21. The molecule has 6 aliphatic heterocycles. The molecule has 8 atom stereocenters. The van der Waals surface area contributed by atoms with E-state index in [1.165, 1.54) is 50.2 Å². The molecule has 0 radical (unpaired) electrons. The maximum absolute atomic E-state index is 12.5. The van der Waals surface area contributed by atoms with Gasteiger partial charge < -0.3 is 53.4 Å². The van der Waals surface area contributed by atoms with Crippen molar-refractivity contribution in [2.75, 3.05) is 74.8 Å². The molecule has 10 rings (SSSR count). The van der Waals surface area contributed by atoms with E-state index in [-0.39, 0.29) is 69.7 Å². The average molecular weight is 1720 g/mol. The Morgan fingerprint density at radius 3 is 1.19 bits per heavy atom. The SMILES string of the molecule is C.C=C1N2C[C@H](CC[C@H]2CN=[N+]=[N-])N1OCc1ccccc1.CN.COC(=O)[C@@H]1CCC(=NOCc2ccccc2)CN1C(=O)OC(C)(C)C.COC(=O)[C@@H]1CCC(=O)CN1C(=O)OC(C)(C)C.COC(=O)[C@@H]1CC[C@@H](NOCc2ccccc2)CN1C(=O)OC(C)(C)C.COC(=O)[C@@H]1CC[C@H](NOCc2ccccc2)CN1C(=O)OC(C)(C)C.Cl. The van der Waals surface area contributed by atoms with Crippen LogP contribution in [0.1, 0.15) is 177 Å². The second-order valence-corrected chi connectivity index (χ2v) is 32.5. The molecule has 0 aliphatic carbocycles. The number of nitrogens with one attached hydrogen (secondary N) is 2. The van der Waals surface area contributed by atoms with Crippen LogP contribution in [0.2, 0.25) is 0 Å². The smallest absolute Gasteiger partial charge is 0.411 e. The fraction of sp³-hybridized carbons (Fsp3) is 0.581. The Balaban J connectivity index is 0.000000389. The maximum Gasteiger partial charge on any atom is 0.411 e. The molecule has 34 nitrogen and oxygen atoms in total. The van der Waals surface area contributed by atoms with E-state index in [4.69, 9.17) is 58.0 Å². The summed E-state index contributed by atoms with van der Waals surface area (Å²) in [4.78, 5) is 141. The maximum atomic E-state index is 12.5. The van der Waals surface area contributed by atoms with E-state index in [9.17, 15) is 43.2 Å². The van der Waals surface area contributed by atoms with Gasteiger partial charge in [-0.1, -0.05) is 146 Å². The van der Waals surface area contributed by atoms with Gasteiger partial charge in [-0.05, 0) is 176 Å². The van der Waals surface area contributed by atoms with E-state index in [1.54, 1.807) is 83.1 Å². The molecule has 6 heterocycles. The zero-order valence-corrected chi connectivity index (χ0v) is 73.4. The first-order valence-electron chi connectivity index (χ1n) is 39.8. The van der Waals surface area contributed by atoms with Crippen LogP contribution in [0.4, 0.5) is 19.2 Å². The lowest BCUT2D eigenvalue weighted by Crippen LogP contribution is -2.56. The van der Waals surface area contributed by atoms with Crippen molar-refractivity contribution in [2.24, 2.45) is 16.0 Å². The Morgan fingerprint density at radius 2 is 0.818 bits per heavy atom. The van der Waals surface area contributed by atoms with Gasteiger partial charge in [0.05, 0.1) is 85.2 Å². The number of methoxy groups -OCH3 is 4. The standard InChI is InChI=1S/2C19H28N2O5.C19H26N2O5.C15H19N5O.C12H19NO5.CH5N.CH4.ClH/c3*1-19(2,3)26-18(23)21-12-15(10-11-16(21)17(22)24-4)20-25-13-14-8-6-5-7-9-14;1-12-19-10-15(8-7-14(19)9-17-18-16)20(12)21-11-13-5-3-2-4-6-13;1-12(2,3)18-11(16)13-7-8(14)5-6-9(13)10(15)17-4;1-2;;/h2*5-9,15-16,20H,10-13H2,1-4H3;5-9,16H,10-13H2,1-4H3;2-6,14-15H,1,7-11H2;9H,5-7H2,1-4H3;2H2,1H3;1H4;1H/t15-,16+;15-,16-;16-;14-,15-;9-;;;/m10000.../s1. The number of azide groups is 1. The van der Waals surface area contributed by atoms with E-state index in [2.05, 4.69) is 60.2 Å². The topological polar surface area (TPSA) is 395 Å². The number of hydrogen-bond donors (Lipinski definition) is 3. The van der Waals surface area contributed by atoms with Crippen LogP contribution in [0.5, 0.6) is 0 Å². The number of carbonyl (C=O) groups is 9. The number of halogens is 1. The van der Waals surface area contributed by atoms with Crippen molar-refractivity contribution in [3.63, 3.8) is 0 Å². The summed E-state index contributed by atoms with van der Waals surface area (Å²) in [7, 11) is 6.71. The third-order valence-electron chi connectivity index (χ3n) is 18.5.